The monoisotopic (exact) mass is 334 g/mol. The Labute approximate surface area is 141 Å². The summed E-state index contributed by atoms with van der Waals surface area (Å²) in [6, 6.07) is 8.02. The third-order valence-electron chi connectivity index (χ3n) is 2.70. The molecular formula is C17H22N2O5. The number of carbonyl (C=O) groups is 3. The van der Waals surface area contributed by atoms with Crippen molar-refractivity contribution >= 4 is 17.8 Å². The number of benzene rings is 1. The third-order valence-corrected chi connectivity index (χ3v) is 2.70. The Morgan fingerprint density at radius 3 is 2.38 bits per heavy atom. The van der Waals surface area contributed by atoms with E-state index in [0.717, 1.165) is 0 Å². The van der Waals surface area contributed by atoms with E-state index >= 15 is 0 Å². The van der Waals surface area contributed by atoms with Crippen molar-refractivity contribution < 1.29 is 24.2 Å². The number of esters is 1. The molecule has 1 aromatic rings. The molecule has 130 valence electrons. The number of hydrogen-bond acceptors (Lipinski definition) is 5. The van der Waals surface area contributed by atoms with Crippen molar-refractivity contribution in [2.75, 3.05) is 0 Å². The summed E-state index contributed by atoms with van der Waals surface area (Å²) in [6.45, 7) is 5.59. The molecule has 0 heterocycles. The first-order valence-electron chi connectivity index (χ1n) is 7.52. The van der Waals surface area contributed by atoms with Crippen LogP contribution in [0.15, 0.2) is 24.3 Å². The minimum atomic E-state index is -1.33. The zero-order valence-corrected chi connectivity index (χ0v) is 14.0. The van der Waals surface area contributed by atoms with E-state index in [9.17, 15) is 14.4 Å². The van der Waals surface area contributed by atoms with Gasteiger partial charge in [0.25, 0.3) is 0 Å². The molecule has 1 rings (SSSR count). The lowest BCUT2D eigenvalue weighted by molar-refractivity contribution is -0.157. The van der Waals surface area contributed by atoms with E-state index in [0.29, 0.717) is 11.1 Å². The van der Waals surface area contributed by atoms with Crippen molar-refractivity contribution in [3.63, 3.8) is 0 Å². The Morgan fingerprint density at radius 1 is 1.29 bits per heavy atom. The summed E-state index contributed by atoms with van der Waals surface area (Å²) in [5.41, 5.74) is 0.699. The second-order valence-electron chi connectivity index (χ2n) is 4.88. The normalized spacial score (nSPS) is 10.4. The fraction of sp³-hybridized carbons (Fsp3) is 0.412. The zero-order chi connectivity index (χ0) is 18.5. The van der Waals surface area contributed by atoms with Crippen LogP contribution in [0.3, 0.4) is 0 Å². The topological polar surface area (TPSA) is 116 Å². The lowest BCUT2D eigenvalue weighted by atomic mass is 10.1. The number of nitrogens with zero attached hydrogens (tertiary/aromatic N) is 1. The van der Waals surface area contributed by atoms with Crippen LogP contribution in [0.5, 0.6) is 0 Å². The van der Waals surface area contributed by atoms with Crippen molar-refractivity contribution in [1.82, 2.24) is 5.32 Å². The average Bonchev–Trinajstić information content (AvgIpc) is 2.53. The van der Waals surface area contributed by atoms with Gasteiger partial charge in [-0.2, -0.15) is 5.26 Å². The predicted octanol–water partition coefficient (Wildman–Crippen LogP) is 2.52. The van der Waals surface area contributed by atoms with Gasteiger partial charge in [-0.25, -0.2) is 0 Å². The second kappa shape index (κ2) is 11.7. The largest absolute Gasteiger partial charge is 0.481 e. The van der Waals surface area contributed by atoms with Gasteiger partial charge in [-0.05, 0) is 12.1 Å². The number of aliphatic carboxylic acids is 1. The standard InChI is InChI=1S/C13H12N2O5.C4H10/c1-8(16)15-13(20-12(19)6-11(17)18)10-4-2-3-9(5-10)7-14;1-3-4-2/h2-5,13H,6H2,1H3,(H,15,16)(H,17,18);3-4H2,1-2H3. The van der Waals surface area contributed by atoms with Gasteiger partial charge in [-0.15, -0.1) is 0 Å². The van der Waals surface area contributed by atoms with Crippen molar-refractivity contribution in [2.24, 2.45) is 0 Å². The molecule has 0 saturated heterocycles. The molecule has 1 atom stereocenters. The lowest BCUT2D eigenvalue weighted by Crippen LogP contribution is -2.30. The maximum absolute atomic E-state index is 11.4. The highest BCUT2D eigenvalue weighted by Gasteiger charge is 2.19. The van der Waals surface area contributed by atoms with E-state index in [1.807, 2.05) is 6.07 Å². The molecule has 1 amide bonds. The van der Waals surface area contributed by atoms with Crippen LogP contribution in [-0.2, 0) is 19.1 Å². The molecule has 24 heavy (non-hydrogen) atoms. The number of carbonyl (C=O) groups excluding carboxylic acids is 2. The minimum absolute atomic E-state index is 0.326. The zero-order valence-electron chi connectivity index (χ0n) is 14.0. The van der Waals surface area contributed by atoms with E-state index in [-0.39, 0.29) is 0 Å². The molecule has 0 aliphatic carbocycles. The first kappa shape index (κ1) is 21.1. The fourth-order valence-corrected chi connectivity index (χ4v) is 1.43. The molecule has 0 radical (unpaired) electrons. The number of amides is 1. The first-order chi connectivity index (χ1) is 11.3. The van der Waals surface area contributed by atoms with Crippen LogP contribution in [0.25, 0.3) is 0 Å². The van der Waals surface area contributed by atoms with Crippen molar-refractivity contribution in [1.29, 1.82) is 5.26 Å². The molecule has 1 aromatic carbocycles. The van der Waals surface area contributed by atoms with Gasteiger partial charge >= 0.3 is 11.9 Å². The summed E-state index contributed by atoms with van der Waals surface area (Å²) < 4.78 is 4.90. The molecule has 1 unspecified atom stereocenters. The van der Waals surface area contributed by atoms with Gasteiger partial charge in [-0.1, -0.05) is 38.8 Å². The summed E-state index contributed by atoms with van der Waals surface area (Å²) in [6.07, 6.45) is 0.696. The minimum Gasteiger partial charge on any atom is -0.481 e. The molecule has 0 saturated carbocycles. The van der Waals surface area contributed by atoms with Crippen LogP contribution in [0.2, 0.25) is 0 Å². The number of carboxylic acids is 1. The van der Waals surface area contributed by atoms with Crippen LogP contribution >= 0.6 is 0 Å². The van der Waals surface area contributed by atoms with Crippen LogP contribution in [-0.4, -0.2) is 23.0 Å². The van der Waals surface area contributed by atoms with Gasteiger partial charge in [0.1, 0.15) is 6.42 Å². The van der Waals surface area contributed by atoms with E-state index in [4.69, 9.17) is 15.1 Å². The fourth-order valence-electron chi connectivity index (χ4n) is 1.43. The van der Waals surface area contributed by atoms with Gasteiger partial charge in [0.05, 0.1) is 11.6 Å². The van der Waals surface area contributed by atoms with Gasteiger partial charge in [-0.3, -0.25) is 14.4 Å². The highest BCUT2D eigenvalue weighted by Crippen LogP contribution is 2.16. The molecule has 0 aliphatic heterocycles. The van der Waals surface area contributed by atoms with E-state index in [1.54, 1.807) is 18.2 Å². The molecule has 2 N–H and O–H groups in total. The molecule has 7 nitrogen and oxygen atoms in total. The Hall–Kier alpha value is -2.88. The number of nitriles is 1. The quantitative estimate of drug-likeness (QED) is 0.469. The SMILES string of the molecule is CC(=O)NC(OC(=O)CC(=O)O)c1cccc(C#N)c1.CCCC. The molecule has 7 heteroatoms. The van der Waals surface area contributed by atoms with Gasteiger partial charge in [0.2, 0.25) is 12.1 Å². The van der Waals surface area contributed by atoms with Gasteiger partial charge < -0.3 is 15.2 Å². The maximum Gasteiger partial charge on any atom is 0.319 e. The second-order valence-corrected chi connectivity index (χ2v) is 4.88. The molecule has 0 fully saturated rings. The molecule has 0 aromatic heterocycles. The van der Waals surface area contributed by atoms with Crippen LogP contribution in [0.1, 0.15) is 57.4 Å². The smallest absolute Gasteiger partial charge is 0.319 e. The number of unbranched alkanes of at least 4 members (excludes halogenated alkanes) is 1. The average molecular weight is 334 g/mol. The van der Waals surface area contributed by atoms with E-state index in [2.05, 4.69) is 19.2 Å². The predicted molar refractivity (Wildman–Crippen MR) is 86.6 cm³/mol. The number of ether oxygens (including phenoxy) is 1. The first-order valence-corrected chi connectivity index (χ1v) is 7.52. The van der Waals surface area contributed by atoms with Crippen molar-refractivity contribution in [3.05, 3.63) is 35.4 Å². The molecule has 0 aliphatic rings. The summed E-state index contributed by atoms with van der Waals surface area (Å²) in [5, 5.41) is 19.7. The summed E-state index contributed by atoms with van der Waals surface area (Å²) in [4.78, 5) is 32.9. The summed E-state index contributed by atoms with van der Waals surface area (Å²) in [5.74, 6) is -2.78. The summed E-state index contributed by atoms with van der Waals surface area (Å²) in [7, 11) is 0. The van der Waals surface area contributed by atoms with Gasteiger partial charge in [0, 0.05) is 12.5 Å². The Kier molecular flexibility index (Phi) is 10.3. The number of carboxylic acid groups (broad SMARTS) is 1. The van der Waals surface area contributed by atoms with Gasteiger partial charge in [0.15, 0.2) is 0 Å². The highest BCUT2D eigenvalue weighted by atomic mass is 16.6. The van der Waals surface area contributed by atoms with Crippen molar-refractivity contribution in [3.8, 4) is 6.07 Å². The maximum atomic E-state index is 11.4. The van der Waals surface area contributed by atoms with Crippen LogP contribution in [0.4, 0.5) is 0 Å². The Balaban J connectivity index is 0.00000118. The number of nitrogens with one attached hydrogen (secondary N) is 1. The number of rotatable bonds is 6. The van der Waals surface area contributed by atoms with E-state index in [1.165, 1.54) is 25.8 Å². The Bertz CT molecular complexity index is 605. The summed E-state index contributed by atoms with van der Waals surface area (Å²) >= 11 is 0. The highest BCUT2D eigenvalue weighted by molar-refractivity contribution is 5.90. The van der Waals surface area contributed by atoms with Crippen LogP contribution in [0, 0.1) is 11.3 Å². The van der Waals surface area contributed by atoms with E-state index < -0.39 is 30.5 Å². The molecular weight excluding hydrogens is 312 g/mol. The Morgan fingerprint density at radius 2 is 1.92 bits per heavy atom. The number of hydrogen-bond donors (Lipinski definition) is 2. The van der Waals surface area contributed by atoms with Crippen LogP contribution < -0.4 is 5.32 Å². The molecule has 0 spiro atoms. The third kappa shape index (κ3) is 9.20. The van der Waals surface area contributed by atoms with Crippen molar-refractivity contribution in [2.45, 2.75) is 46.3 Å². The molecule has 0 bridgehead atoms. The lowest BCUT2D eigenvalue weighted by Gasteiger charge is -2.18.